The summed E-state index contributed by atoms with van der Waals surface area (Å²) in [5, 5.41) is 0. The molecule has 164 valence electrons. The molecule has 0 fully saturated rings. The predicted octanol–water partition coefficient (Wildman–Crippen LogP) is 4.48. The predicted molar refractivity (Wildman–Crippen MR) is 107 cm³/mol. The van der Waals surface area contributed by atoms with Crippen LogP contribution in [0.3, 0.4) is 0 Å². The van der Waals surface area contributed by atoms with Crippen LogP contribution in [-0.2, 0) is 20.5 Å². The summed E-state index contributed by atoms with van der Waals surface area (Å²) < 4.78 is 52.5. The smallest absolute Gasteiger partial charge is 0.416 e. The topological polar surface area (TPSA) is 77.9 Å². The molecule has 9 heteroatoms. The second-order valence-electron chi connectivity index (χ2n) is 7.16. The summed E-state index contributed by atoms with van der Waals surface area (Å²) >= 11 is 0. The average Bonchev–Trinajstić information content (AvgIpc) is 2.71. The zero-order valence-electron chi connectivity index (χ0n) is 17.1. The number of aliphatic imine (C=N–C) groups is 1. The largest absolute Gasteiger partial charge is 0.475 e. The molecule has 2 unspecified atom stereocenters. The van der Waals surface area contributed by atoms with Gasteiger partial charge in [0.15, 0.2) is 6.29 Å². The number of fused-ring (bicyclic) bond motifs is 1. The molecular formula is C22H21F3N2O4. The van der Waals surface area contributed by atoms with Crippen LogP contribution in [0.25, 0.3) is 0 Å². The Morgan fingerprint density at radius 1 is 1.23 bits per heavy atom. The molecule has 6 nitrogen and oxygen atoms in total. The van der Waals surface area contributed by atoms with Crippen molar-refractivity contribution in [3.05, 3.63) is 53.2 Å². The average molecular weight is 434 g/mol. The lowest BCUT2D eigenvalue weighted by Crippen LogP contribution is -2.36. The van der Waals surface area contributed by atoms with E-state index in [2.05, 4.69) is 9.98 Å². The van der Waals surface area contributed by atoms with Crippen molar-refractivity contribution >= 4 is 23.7 Å². The Bertz CT molecular complexity index is 1020. The first-order chi connectivity index (χ1) is 14.7. The number of benzene rings is 1. The van der Waals surface area contributed by atoms with Crippen LogP contribution in [0.4, 0.5) is 18.9 Å². The Balaban J connectivity index is 2.36. The maximum absolute atomic E-state index is 13.9. The number of hydrogen-bond acceptors (Lipinski definition) is 6. The van der Waals surface area contributed by atoms with Crippen LogP contribution in [0.5, 0.6) is 5.88 Å². The van der Waals surface area contributed by atoms with Crippen LogP contribution in [0.1, 0.15) is 43.4 Å². The van der Waals surface area contributed by atoms with Crippen LogP contribution < -0.4 is 4.74 Å². The second-order valence-corrected chi connectivity index (χ2v) is 7.16. The molecule has 0 saturated heterocycles. The van der Waals surface area contributed by atoms with Crippen molar-refractivity contribution in [2.75, 3.05) is 6.61 Å². The SMILES string of the molecule is CCOC(=O)C1C(C=O)=Nc2ccnc(OC(C)C)c2C1c1ccccc1C(F)(F)F. The molecular weight excluding hydrogens is 413 g/mol. The fourth-order valence-electron chi connectivity index (χ4n) is 3.65. The number of pyridine rings is 1. The molecule has 2 atom stereocenters. The van der Waals surface area contributed by atoms with Crippen LogP contribution in [0.2, 0.25) is 0 Å². The quantitative estimate of drug-likeness (QED) is 0.495. The van der Waals surface area contributed by atoms with Gasteiger partial charge in [0, 0.05) is 17.7 Å². The molecule has 0 aliphatic carbocycles. The minimum atomic E-state index is -4.69. The van der Waals surface area contributed by atoms with Gasteiger partial charge in [-0.2, -0.15) is 13.2 Å². The highest BCUT2D eigenvalue weighted by Gasteiger charge is 2.46. The van der Waals surface area contributed by atoms with Crippen molar-refractivity contribution in [2.45, 2.75) is 39.0 Å². The second kappa shape index (κ2) is 8.87. The van der Waals surface area contributed by atoms with Crippen molar-refractivity contribution in [3.8, 4) is 5.88 Å². The number of aldehydes is 1. The maximum Gasteiger partial charge on any atom is 0.416 e. The van der Waals surface area contributed by atoms with E-state index in [1.165, 1.54) is 30.5 Å². The number of nitrogens with zero attached hydrogens (tertiary/aromatic N) is 2. The van der Waals surface area contributed by atoms with Gasteiger partial charge in [-0.05, 0) is 38.5 Å². The fraction of sp³-hybridized carbons (Fsp3) is 0.364. The lowest BCUT2D eigenvalue weighted by atomic mass is 9.74. The van der Waals surface area contributed by atoms with Crippen LogP contribution >= 0.6 is 0 Å². The third-order valence-electron chi connectivity index (χ3n) is 4.75. The monoisotopic (exact) mass is 434 g/mol. The van der Waals surface area contributed by atoms with Gasteiger partial charge in [-0.1, -0.05) is 18.2 Å². The van der Waals surface area contributed by atoms with Gasteiger partial charge in [-0.15, -0.1) is 0 Å². The van der Waals surface area contributed by atoms with Crippen LogP contribution in [0, 0.1) is 5.92 Å². The Morgan fingerprint density at radius 2 is 1.94 bits per heavy atom. The Labute approximate surface area is 177 Å². The summed E-state index contributed by atoms with van der Waals surface area (Å²) in [4.78, 5) is 33.1. The molecule has 0 radical (unpaired) electrons. The highest BCUT2D eigenvalue weighted by molar-refractivity contribution is 6.35. The zero-order chi connectivity index (χ0) is 22.8. The summed E-state index contributed by atoms with van der Waals surface area (Å²) in [5.74, 6) is -3.41. The maximum atomic E-state index is 13.9. The molecule has 0 saturated carbocycles. The van der Waals surface area contributed by atoms with E-state index in [-0.39, 0.29) is 41.1 Å². The molecule has 2 aromatic rings. The van der Waals surface area contributed by atoms with E-state index in [4.69, 9.17) is 9.47 Å². The fourth-order valence-corrected chi connectivity index (χ4v) is 3.65. The van der Waals surface area contributed by atoms with E-state index in [1.807, 2.05) is 0 Å². The van der Waals surface area contributed by atoms with E-state index < -0.39 is 29.5 Å². The van der Waals surface area contributed by atoms with Gasteiger partial charge in [-0.3, -0.25) is 9.59 Å². The molecule has 1 aliphatic heterocycles. The third kappa shape index (κ3) is 4.45. The lowest BCUT2D eigenvalue weighted by Gasteiger charge is -2.33. The molecule has 2 heterocycles. The molecule has 1 aromatic carbocycles. The molecule has 0 bridgehead atoms. The van der Waals surface area contributed by atoms with Gasteiger partial charge in [0.1, 0.15) is 5.92 Å². The van der Waals surface area contributed by atoms with Gasteiger partial charge >= 0.3 is 12.1 Å². The van der Waals surface area contributed by atoms with Crippen molar-refractivity contribution in [3.63, 3.8) is 0 Å². The first-order valence-electron chi connectivity index (χ1n) is 9.71. The summed E-state index contributed by atoms with van der Waals surface area (Å²) in [7, 11) is 0. The molecule has 0 N–H and O–H groups in total. The molecule has 3 rings (SSSR count). The van der Waals surface area contributed by atoms with Gasteiger partial charge in [0.25, 0.3) is 0 Å². The van der Waals surface area contributed by atoms with Crippen molar-refractivity contribution in [2.24, 2.45) is 10.9 Å². The van der Waals surface area contributed by atoms with E-state index in [0.29, 0.717) is 6.29 Å². The van der Waals surface area contributed by atoms with E-state index in [9.17, 15) is 22.8 Å². The number of alkyl halides is 3. The highest BCUT2D eigenvalue weighted by atomic mass is 19.4. The number of ether oxygens (including phenoxy) is 2. The number of halogens is 3. The first-order valence-corrected chi connectivity index (χ1v) is 9.71. The Hall–Kier alpha value is -3.23. The van der Waals surface area contributed by atoms with E-state index in [1.54, 1.807) is 20.8 Å². The number of rotatable bonds is 6. The zero-order valence-corrected chi connectivity index (χ0v) is 17.1. The van der Waals surface area contributed by atoms with Crippen molar-refractivity contribution in [1.82, 2.24) is 4.98 Å². The van der Waals surface area contributed by atoms with Crippen molar-refractivity contribution < 1.29 is 32.2 Å². The minimum absolute atomic E-state index is 0.00957. The van der Waals surface area contributed by atoms with E-state index >= 15 is 0 Å². The molecule has 0 spiro atoms. The number of esters is 1. The minimum Gasteiger partial charge on any atom is -0.475 e. The highest BCUT2D eigenvalue weighted by Crippen LogP contribution is 2.49. The number of aromatic nitrogens is 1. The summed E-state index contributed by atoms with van der Waals surface area (Å²) in [6, 6.07) is 6.39. The van der Waals surface area contributed by atoms with Crippen molar-refractivity contribution in [1.29, 1.82) is 0 Å². The molecule has 31 heavy (non-hydrogen) atoms. The molecule has 1 aliphatic rings. The van der Waals surface area contributed by atoms with Crippen LogP contribution in [-0.4, -0.2) is 35.7 Å². The Kier molecular flexibility index (Phi) is 6.42. The summed E-state index contributed by atoms with van der Waals surface area (Å²) in [5.41, 5.74) is -0.904. The number of carbonyl (C=O) groups excluding carboxylic acids is 2. The normalized spacial score (nSPS) is 18.2. The molecule has 1 aromatic heterocycles. The van der Waals surface area contributed by atoms with Gasteiger partial charge < -0.3 is 9.47 Å². The number of carbonyl (C=O) groups is 2. The van der Waals surface area contributed by atoms with Gasteiger partial charge in [-0.25, -0.2) is 9.98 Å². The third-order valence-corrected chi connectivity index (χ3v) is 4.75. The summed E-state index contributed by atoms with van der Waals surface area (Å²) in [6.07, 6.45) is -3.26. The Morgan fingerprint density at radius 3 is 2.55 bits per heavy atom. The van der Waals surface area contributed by atoms with E-state index in [0.717, 1.165) is 6.07 Å². The van der Waals surface area contributed by atoms with Gasteiger partial charge in [0.05, 0.1) is 29.7 Å². The standard InChI is InChI=1S/C22H21F3N2O4/c1-4-30-21(29)19-16(11-28)27-15-9-10-26-20(31-12(2)3)18(15)17(19)13-7-5-6-8-14(13)22(23,24)25/h5-12,17,19H,4H2,1-3H3. The summed E-state index contributed by atoms with van der Waals surface area (Å²) in [6.45, 7) is 5.04. The van der Waals surface area contributed by atoms with Crippen LogP contribution in [0.15, 0.2) is 41.5 Å². The molecule has 0 amide bonds. The number of hydrogen-bond donors (Lipinski definition) is 0. The van der Waals surface area contributed by atoms with Gasteiger partial charge in [0.2, 0.25) is 5.88 Å². The first kappa shape index (κ1) is 22.5. The lowest BCUT2D eigenvalue weighted by molar-refractivity contribution is -0.147.